The van der Waals surface area contributed by atoms with Crippen LogP contribution in [0, 0.1) is 19.8 Å². The Bertz CT molecular complexity index is 558. The van der Waals surface area contributed by atoms with E-state index in [1.807, 2.05) is 6.92 Å². The number of anilines is 1. The molecule has 0 spiro atoms. The molecule has 4 N–H and O–H groups in total. The molecule has 0 amide bonds. The average Bonchev–Trinajstić information content (AvgIpc) is 2.48. The minimum atomic E-state index is 0.339. The van der Waals surface area contributed by atoms with E-state index in [1.165, 1.54) is 18.4 Å². The van der Waals surface area contributed by atoms with Crippen LogP contribution >= 0.6 is 24.4 Å². The lowest BCUT2D eigenvalue weighted by atomic mass is 10.0. The standard InChI is InChI=1S/C18H30N4S2/c1-12(2)7-6-8-15(5)19-17(23)21-22-18(24)20-16-11-13(3)9-10-14(16)4/h9-12,15H,6-8H2,1-5H3,(H2,19,21,23)(H2,20,22,24)/t15-/m0/s1. The van der Waals surface area contributed by atoms with Gasteiger partial charge in [-0.05, 0) is 74.7 Å². The number of hydrogen-bond acceptors (Lipinski definition) is 2. The van der Waals surface area contributed by atoms with Crippen LogP contribution < -0.4 is 21.5 Å². The number of rotatable bonds is 6. The number of nitrogens with one attached hydrogen (secondary N) is 4. The molecule has 134 valence electrons. The third-order valence-electron chi connectivity index (χ3n) is 3.73. The lowest BCUT2D eigenvalue weighted by Crippen LogP contribution is -2.50. The SMILES string of the molecule is Cc1ccc(C)c(NC(=S)NNC(=S)N[C@@H](C)CCCC(C)C)c1. The molecule has 24 heavy (non-hydrogen) atoms. The highest BCUT2D eigenvalue weighted by Crippen LogP contribution is 2.15. The van der Waals surface area contributed by atoms with Gasteiger partial charge in [0.25, 0.3) is 0 Å². The molecule has 0 saturated heterocycles. The van der Waals surface area contributed by atoms with Crippen molar-refractivity contribution < 1.29 is 0 Å². The monoisotopic (exact) mass is 366 g/mol. The third kappa shape index (κ3) is 8.45. The van der Waals surface area contributed by atoms with Gasteiger partial charge in [0.05, 0.1) is 0 Å². The van der Waals surface area contributed by atoms with Gasteiger partial charge in [-0.2, -0.15) is 0 Å². The minimum Gasteiger partial charge on any atom is -0.359 e. The summed E-state index contributed by atoms with van der Waals surface area (Å²) in [6, 6.07) is 6.55. The van der Waals surface area contributed by atoms with Gasteiger partial charge in [-0.3, -0.25) is 10.9 Å². The molecular formula is C18H30N4S2. The average molecular weight is 367 g/mol. The Kier molecular flexibility index (Phi) is 9.00. The molecule has 4 nitrogen and oxygen atoms in total. The van der Waals surface area contributed by atoms with Crippen LogP contribution in [0.4, 0.5) is 5.69 Å². The second-order valence-electron chi connectivity index (χ2n) is 6.72. The maximum atomic E-state index is 5.30. The number of thiocarbonyl (C=S) groups is 2. The molecule has 1 atom stereocenters. The molecule has 0 radical (unpaired) electrons. The number of hydrazine groups is 1. The van der Waals surface area contributed by atoms with E-state index in [2.05, 4.69) is 67.4 Å². The van der Waals surface area contributed by atoms with Crippen LogP contribution in [0.2, 0.25) is 0 Å². The number of benzene rings is 1. The summed E-state index contributed by atoms with van der Waals surface area (Å²) in [5.41, 5.74) is 9.18. The summed E-state index contributed by atoms with van der Waals surface area (Å²) in [4.78, 5) is 0. The highest BCUT2D eigenvalue weighted by Gasteiger charge is 2.06. The molecule has 1 rings (SSSR count). The molecule has 0 heterocycles. The smallest absolute Gasteiger partial charge is 0.189 e. The van der Waals surface area contributed by atoms with Gasteiger partial charge < -0.3 is 10.6 Å². The van der Waals surface area contributed by atoms with Crippen LogP contribution in [-0.4, -0.2) is 16.3 Å². The summed E-state index contributed by atoms with van der Waals surface area (Å²) in [6.45, 7) is 10.7. The summed E-state index contributed by atoms with van der Waals surface area (Å²) in [5, 5.41) is 7.48. The molecule has 0 fully saturated rings. The number of hydrogen-bond donors (Lipinski definition) is 4. The fourth-order valence-corrected chi connectivity index (χ4v) is 2.72. The molecule has 1 aromatic carbocycles. The Morgan fingerprint density at radius 1 is 1.00 bits per heavy atom. The molecule has 0 bridgehead atoms. The van der Waals surface area contributed by atoms with Gasteiger partial charge in [0, 0.05) is 11.7 Å². The first-order valence-corrected chi connectivity index (χ1v) is 9.30. The van der Waals surface area contributed by atoms with E-state index in [0.717, 1.165) is 23.6 Å². The van der Waals surface area contributed by atoms with Gasteiger partial charge in [0.2, 0.25) is 0 Å². The Hall–Kier alpha value is -1.40. The molecule has 0 saturated carbocycles. The van der Waals surface area contributed by atoms with Gasteiger partial charge in [-0.1, -0.05) is 38.8 Å². The van der Waals surface area contributed by atoms with Crippen LogP contribution in [0.25, 0.3) is 0 Å². The second-order valence-corrected chi connectivity index (χ2v) is 7.54. The van der Waals surface area contributed by atoms with E-state index >= 15 is 0 Å². The van der Waals surface area contributed by atoms with E-state index in [9.17, 15) is 0 Å². The van der Waals surface area contributed by atoms with Gasteiger partial charge in [-0.15, -0.1) is 0 Å². The fourth-order valence-electron chi connectivity index (χ4n) is 2.30. The summed E-state index contributed by atoms with van der Waals surface area (Å²) in [5.74, 6) is 0.748. The predicted molar refractivity (Wildman–Crippen MR) is 112 cm³/mol. The van der Waals surface area contributed by atoms with Crippen LogP contribution in [0.5, 0.6) is 0 Å². The van der Waals surface area contributed by atoms with Gasteiger partial charge in [0.15, 0.2) is 10.2 Å². The van der Waals surface area contributed by atoms with Crippen molar-refractivity contribution in [3.8, 4) is 0 Å². The Labute approximate surface area is 157 Å². The maximum Gasteiger partial charge on any atom is 0.189 e. The normalized spacial score (nSPS) is 11.8. The first-order chi connectivity index (χ1) is 11.3. The predicted octanol–water partition coefficient (Wildman–Crippen LogP) is 4.18. The van der Waals surface area contributed by atoms with E-state index in [1.54, 1.807) is 0 Å². The summed E-state index contributed by atoms with van der Waals surface area (Å²) >= 11 is 10.6. The lowest BCUT2D eigenvalue weighted by Gasteiger charge is -2.19. The van der Waals surface area contributed by atoms with E-state index in [4.69, 9.17) is 24.4 Å². The van der Waals surface area contributed by atoms with Gasteiger partial charge >= 0.3 is 0 Å². The topological polar surface area (TPSA) is 48.1 Å². The zero-order valence-electron chi connectivity index (χ0n) is 15.3. The van der Waals surface area contributed by atoms with Crippen LogP contribution in [0.1, 0.15) is 51.2 Å². The number of aryl methyl sites for hydroxylation is 2. The molecule has 6 heteroatoms. The van der Waals surface area contributed by atoms with Gasteiger partial charge in [-0.25, -0.2) is 0 Å². The zero-order chi connectivity index (χ0) is 18.1. The van der Waals surface area contributed by atoms with Crippen LogP contribution in [0.3, 0.4) is 0 Å². The Morgan fingerprint density at radius 3 is 2.33 bits per heavy atom. The largest absolute Gasteiger partial charge is 0.359 e. The Morgan fingerprint density at radius 2 is 1.67 bits per heavy atom. The summed E-state index contributed by atoms with van der Waals surface area (Å²) < 4.78 is 0. The van der Waals surface area contributed by atoms with Crippen molar-refractivity contribution in [3.05, 3.63) is 29.3 Å². The molecular weight excluding hydrogens is 336 g/mol. The first kappa shape index (κ1) is 20.6. The van der Waals surface area contributed by atoms with Crippen molar-refractivity contribution in [2.75, 3.05) is 5.32 Å². The van der Waals surface area contributed by atoms with Crippen molar-refractivity contribution in [2.45, 2.75) is 59.9 Å². The zero-order valence-corrected chi connectivity index (χ0v) is 17.0. The highest BCUT2D eigenvalue weighted by molar-refractivity contribution is 7.80. The second kappa shape index (κ2) is 10.5. The van der Waals surface area contributed by atoms with Crippen molar-refractivity contribution >= 4 is 40.3 Å². The molecule has 1 aromatic rings. The lowest BCUT2D eigenvalue weighted by molar-refractivity contribution is 0.492. The van der Waals surface area contributed by atoms with E-state index in [-0.39, 0.29) is 0 Å². The molecule has 0 aliphatic rings. The third-order valence-corrected chi connectivity index (χ3v) is 4.15. The summed E-state index contributed by atoms with van der Waals surface area (Å²) in [7, 11) is 0. The van der Waals surface area contributed by atoms with Crippen molar-refractivity contribution in [1.82, 2.24) is 16.2 Å². The van der Waals surface area contributed by atoms with Crippen LogP contribution in [-0.2, 0) is 0 Å². The maximum absolute atomic E-state index is 5.30. The minimum absolute atomic E-state index is 0.339. The van der Waals surface area contributed by atoms with Gasteiger partial charge in [0.1, 0.15) is 0 Å². The first-order valence-electron chi connectivity index (χ1n) is 8.48. The van der Waals surface area contributed by atoms with E-state index in [0.29, 0.717) is 16.3 Å². The van der Waals surface area contributed by atoms with Crippen molar-refractivity contribution in [1.29, 1.82) is 0 Å². The quantitative estimate of drug-likeness (QED) is 0.447. The van der Waals surface area contributed by atoms with Crippen LogP contribution in [0.15, 0.2) is 18.2 Å². The molecule has 0 unspecified atom stereocenters. The van der Waals surface area contributed by atoms with Crippen molar-refractivity contribution in [2.24, 2.45) is 5.92 Å². The highest BCUT2D eigenvalue weighted by atomic mass is 32.1. The fraction of sp³-hybridized carbons (Fsp3) is 0.556. The van der Waals surface area contributed by atoms with E-state index < -0.39 is 0 Å². The Balaban J connectivity index is 2.30. The summed E-state index contributed by atoms with van der Waals surface area (Å²) in [6.07, 6.45) is 3.55. The molecule has 0 aliphatic heterocycles. The van der Waals surface area contributed by atoms with Crippen molar-refractivity contribution in [3.63, 3.8) is 0 Å². The molecule has 0 aromatic heterocycles. The molecule has 0 aliphatic carbocycles.